The van der Waals surface area contributed by atoms with Crippen LogP contribution in [0.4, 0.5) is 0 Å². The predicted molar refractivity (Wildman–Crippen MR) is 72.0 cm³/mol. The highest BCUT2D eigenvalue weighted by molar-refractivity contribution is 4.83. The first-order valence-electron chi connectivity index (χ1n) is 7.39. The van der Waals surface area contributed by atoms with Gasteiger partial charge in [-0.15, -0.1) is 0 Å². The number of hydrogen-bond acceptors (Lipinski definition) is 2. The number of hydrogen-bond donors (Lipinski definition) is 1. The fourth-order valence-corrected chi connectivity index (χ4v) is 3.16. The molecule has 4 atom stereocenters. The van der Waals surface area contributed by atoms with Gasteiger partial charge in [0.2, 0.25) is 0 Å². The van der Waals surface area contributed by atoms with E-state index in [0.29, 0.717) is 18.4 Å². The molecule has 17 heavy (non-hydrogen) atoms. The third kappa shape index (κ3) is 4.26. The van der Waals surface area contributed by atoms with Crippen LogP contribution in [0, 0.1) is 17.8 Å². The van der Waals surface area contributed by atoms with Crippen LogP contribution in [-0.2, 0) is 4.74 Å². The van der Waals surface area contributed by atoms with Gasteiger partial charge in [0.05, 0.1) is 12.2 Å². The van der Waals surface area contributed by atoms with Gasteiger partial charge in [-0.1, -0.05) is 40.0 Å². The molecule has 1 fully saturated rings. The summed E-state index contributed by atoms with van der Waals surface area (Å²) in [5, 5.41) is 10.5. The average Bonchev–Trinajstić information content (AvgIpc) is 2.34. The Morgan fingerprint density at radius 1 is 1.24 bits per heavy atom. The summed E-state index contributed by atoms with van der Waals surface area (Å²) in [5.74, 6) is 1.66. The Balaban J connectivity index is 2.56. The smallest absolute Gasteiger partial charge is 0.0859 e. The fourth-order valence-electron chi connectivity index (χ4n) is 3.16. The molecule has 0 heterocycles. The molecule has 1 saturated carbocycles. The zero-order chi connectivity index (χ0) is 12.8. The van der Waals surface area contributed by atoms with Crippen LogP contribution >= 0.6 is 0 Å². The molecule has 4 unspecified atom stereocenters. The van der Waals surface area contributed by atoms with Gasteiger partial charge < -0.3 is 9.84 Å². The molecule has 102 valence electrons. The second-order valence-electron chi connectivity index (χ2n) is 5.86. The summed E-state index contributed by atoms with van der Waals surface area (Å²) in [6.45, 7) is 9.26. The van der Waals surface area contributed by atoms with E-state index in [4.69, 9.17) is 4.74 Å². The lowest BCUT2D eigenvalue weighted by atomic mass is 9.75. The lowest BCUT2D eigenvalue weighted by Crippen LogP contribution is -2.41. The standard InChI is InChI=1S/C15H30O2/c1-5-12-8-7-9-13(10-12)14(16)15(11(3)4)17-6-2/h11-16H,5-10H2,1-4H3. The summed E-state index contributed by atoms with van der Waals surface area (Å²) in [6, 6.07) is 0. The van der Waals surface area contributed by atoms with Crippen LogP contribution in [0.3, 0.4) is 0 Å². The van der Waals surface area contributed by atoms with Gasteiger partial charge in [0.1, 0.15) is 0 Å². The molecule has 0 amide bonds. The summed E-state index contributed by atoms with van der Waals surface area (Å²) in [6.07, 6.45) is 5.98. The third-order valence-electron chi connectivity index (χ3n) is 4.24. The van der Waals surface area contributed by atoms with Crippen molar-refractivity contribution >= 4 is 0 Å². The molecular weight excluding hydrogens is 212 g/mol. The number of aliphatic hydroxyl groups excluding tert-OH is 1. The van der Waals surface area contributed by atoms with E-state index < -0.39 is 0 Å². The monoisotopic (exact) mass is 242 g/mol. The molecule has 0 aliphatic heterocycles. The van der Waals surface area contributed by atoms with Crippen molar-refractivity contribution < 1.29 is 9.84 Å². The van der Waals surface area contributed by atoms with Crippen molar-refractivity contribution in [3.05, 3.63) is 0 Å². The van der Waals surface area contributed by atoms with Crippen LogP contribution in [-0.4, -0.2) is 23.9 Å². The molecule has 2 heteroatoms. The quantitative estimate of drug-likeness (QED) is 0.771. The van der Waals surface area contributed by atoms with Crippen LogP contribution in [0.15, 0.2) is 0 Å². The molecule has 2 nitrogen and oxygen atoms in total. The van der Waals surface area contributed by atoms with E-state index in [0.717, 1.165) is 5.92 Å². The number of rotatable bonds is 6. The van der Waals surface area contributed by atoms with Gasteiger partial charge >= 0.3 is 0 Å². The van der Waals surface area contributed by atoms with E-state index in [2.05, 4.69) is 20.8 Å². The Bertz CT molecular complexity index is 203. The van der Waals surface area contributed by atoms with E-state index in [1.165, 1.54) is 32.1 Å². The minimum absolute atomic E-state index is 0.0145. The van der Waals surface area contributed by atoms with Crippen molar-refractivity contribution in [1.82, 2.24) is 0 Å². The van der Waals surface area contributed by atoms with Crippen LogP contribution in [0.25, 0.3) is 0 Å². The molecule has 1 rings (SSSR count). The predicted octanol–water partition coefficient (Wildman–Crippen LogP) is 3.62. The first-order chi connectivity index (χ1) is 8.10. The van der Waals surface area contributed by atoms with E-state index in [1.807, 2.05) is 6.92 Å². The highest BCUT2D eigenvalue weighted by Crippen LogP contribution is 2.35. The van der Waals surface area contributed by atoms with Gasteiger partial charge in [0, 0.05) is 6.61 Å². The number of ether oxygens (including phenoxy) is 1. The summed E-state index contributed by atoms with van der Waals surface area (Å²) >= 11 is 0. The van der Waals surface area contributed by atoms with Crippen molar-refractivity contribution in [3.8, 4) is 0 Å². The molecule has 0 radical (unpaired) electrons. The van der Waals surface area contributed by atoms with E-state index in [-0.39, 0.29) is 12.2 Å². The fraction of sp³-hybridized carbons (Fsp3) is 1.00. The van der Waals surface area contributed by atoms with Crippen molar-refractivity contribution in [3.63, 3.8) is 0 Å². The largest absolute Gasteiger partial charge is 0.390 e. The molecule has 0 aromatic carbocycles. The summed E-state index contributed by atoms with van der Waals surface area (Å²) in [7, 11) is 0. The summed E-state index contributed by atoms with van der Waals surface area (Å²) in [5.41, 5.74) is 0. The Labute approximate surface area is 107 Å². The SMILES string of the molecule is CCOC(C(C)C)C(O)C1CCCC(CC)C1. The normalized spacial score (nSPS) is 29.3. The van der Waals surface area contributed by atoms with Crippen molar-refractivity contribution in [2.24, 2.45) is 17.8 Å². The molecule has 0 aromatic rings. The highest BCUT2D eigenvalue weighted by atomic mass is 16.5. The third-order valence-corrected chi connectivity index (χ3v) is 4.24. The second-order valence-corrected chi connectivity index (χ2v) is 5.86. The van der Waals surface area contributed by atoms with E-state index in [1.54, 1.807) is 0 Å². The molecular formula is C15H30O2. The average molecular weight is 242 g/mol. The first-order valence-corrected chi connectivity index (χ1v) is 7.39. The molecule has 1 N–H and O–H groups in total. The van der Waals surface area contributed by atoms with Gasteiger partial charge in [0.25, 0.3) is 0 Å². The maximum Gasteiger partial charge on any atom is 0.0859 e. The molecule has 1 aliphatic rings. The van der Waals surface area contributed by atoms with Crippen molar-refractivity contribution in [2.45, 2.75) is 72.0 Å². The Hall–Kier alpha value is -0.0800. The van der Waals surface area contributed by atoms with Gasteiger partial charge in [0.15, 0.2) is 0 Å². The van der Waals surface area contributed by atoms with Crippen LogP contribution in [0.2, 0.25) is 0 Å². The van der Waals surface area contributed by atoms with Gasteiger partial charge in [-0.25, -0.2) is 0 Å². The van der Waals surface area contributed by atoms with Crippen molar-refractivity contribution in [2.75, 3.05) is 6.61 Å². The lowest BCUT2D eigenvalue weighted by Gasteiger charge is -2.36. The van der Waals surface area contributed by atoms with Gasteiger partial charge in [-0.05, 0) is 37.5 Å². The molecule has 0 saturated heterocycles. The molecule has 0 spiro atoms. The molecule has 1 aliphatic carbocycles. The Morgan fingerprint density at radius 2 is 1.94 bits per heavy atom. The summed E-state index contributed by atoms with van der Waals surface area (Å²) < 4.78 is 5.74. The van der Waals surface area contributed by atoms with Crippen LogP contribution in [0.1, 0.15) is 59.8 Å². The van der Waals surface area contributed by atoms with Gasteiger partial charge in [-0.3, -0.25) is 0 Å². The zero-order valence-electron chi connectivity index (χ0n) is 12.0. The van der Waals surface area contributed by atoms with Crippen molar-refractivity contribution in [1.29, 1.82) is 0 Å². The maximum atomic E-state index is 10.5. The van der Waals surface area contributed by atoms with E-state index in [9.17, 15) is 5.11 Å². The van der Waals surface area contributed by atoms with Gasteiger partial charge in [-0.2, -0.15) is 0 Å². The second kappa shape index (κ2) is 7.38. The zero-order valence-corrected chi connectivity index (χ0v) is 12.0. The lowest BCUT2D eigenvalue weighted by molar-refractivity contribution is -0.0889. The number of aliphatic hydroxyl groups is 1. The summed E-state index contributed by atoms with van der Waals surface area (Å²) in [4.78, 5) is 0. The molecule has 0 aromatic heterocycles. The Morgan fingerprint density at radius 3 is 2.47 bits per heavy atom. The maximum absolute atomic E-state index is 10.5. The van der Waals surface area contributed by atoms with Crippen LogP contribution in [0.5, 0.6) is 0 Å². The van der Waals surface area contributed by atoms with Crippen LogP contribution < -0.4 is 0 Å². The minimum atomic E-state index is -0.274. The molecule has 0 bridgehead atoms. The first kappa shape index (κ1) is 15.0. The van der Waals surface area contributed by atoms with E-state index >= 15 is 0 Å². The minimum Gasteiger partial charge on any atom is -0.390 e. The highest BCUT2D eigenvalue weighted by Gasteiger charge is 2.33. The Kier molecular flexibility index (Phi) is 6.50. The topological polar surface area (TPSA) is 29.5 Å².